The van der Waals surface area contributed by atoms with Crippen molar-refractivity contribution >= 4 is 17.6 Å². The van der Waals surface area contributed by atoms with E-state index in [-0.39, 0.29) is 18.0 Å². The van der Waals surface area contributed by atoms with E-state index in [9.17, 15) is 9.90 Å². The lowest BCUT2D eigenvalue weighted by Crippen LogP contribution is -2.54. The first kappa shape index (κ1) is 28.2. The molecule has 200 valence electrons. The fourth-order valence-corrected chi connectivity index (χ4v) is 6.14. The van der Waals surface area contributed by atoms with Crippen LogP contribution in [0.5, 0.6) is 0 Å². The second-order valence-electron chi connectivity index (χ2n) is 10.6. The summed E-state index contributed by atoms with van der Waals surface area (Å²) < 4.78 is 6.97. The van der Waals surface area contributed by atoms with Crippen molar-refractivity contribution in [3.8, 4) is 0 Å². The van der Waals surface area contributed by atoms with E-state index >= 15 is 0 Å². The number of hydrogen-bond donors (Lipinski definition) is 3. The average molecular weight is 512 g/mol. The molecule has 0 aromatic carbocycles. The number of nitrogens with one attached hydrogen (secondary N) is 2. The van der Waals surface area contributed by atoms with E-state index in [1.807, 2.05) is 19.0 Å². The number of unbranched alkanes of at least 4 members (excludes halogenated alkanes) is 1. The van der Waals surface area contributed by atoms with Gasteiger partial charge in [-0.1, -0.05) is 43.7 Å². The van der Waals surface area contributed by atoms with E-state index in [1.54, 1.807) is 17.9 Å². The quantitative estimate of drug-likeness (QED) is 0.368. The van der Waals surface area contributed by atoms with Crippen LogP contribution in [-0.2, 0) is 17.4 Å². The Hall–Kier alpha value is -1.35. The SMILES string of the molecule is CNC[C@H](CC1CCCCC1)NC(=O)N1CCC[C@@H]([C@@](O)(CCCCOC)c2ncc(Cl)n2C)C1. The topological polar surface area (TPSA) is 91.7 Å². The number of aromatic nitrogens is 2. The molecule has 0 bridgehead atoms. The summed E-state index contributed by atoms with van der Waals surface area (Å²) in [6.07, 6.45) is 13.0. The third kappa shape index (κ3) is 7.57. The highest BCUT2D eigenvalue weighted by molar-refractivity contribution is 6.29. The van der Waals surface area contributed by atoms with E-state index < -0.39 is 5.60 Å². The number of nitrogens with zero attached hydrogens (tertiary/aromatic N) is 3. The highest BCUT2D eigenvalue weighted by Gasteiger charge is 2.44. The second kappa shape index (κ2) is 13.8. The number of methoxy groups -OCH3 is 1. The molecule has 1 aliphatic heterocycles. The van der Waals surface area contributed by atoms with Gasteiger partial charge in [-0.2, -0.15) is 0 Å². The van der Waals surface area contributed by atoms with Gasteiger partial charge in [-0.05, 0) is 51.5 Å². The summed E-state index contributed by atoms with van der Waals surface area (Å²) >= 11 is 6.29. The summed E-state index contributed by atoms with van der Waals surface area (Å²) in [6.45, 7) is 2.64. The molecule has 2 aliphatic rings. The zero-order chi connectivity index (χ0) is 25.3. The van der Waals surface area contributed by atoms with Gasteiger partial charge < -0.3 is 29.9 Å². The number of aliphatic hydroxyl groups is 1. The molecule has 3 rings (SSSR count). The Morgan fingerprint density at radius 3 is 2.71 bits per heavy atom. The first-order valence-electron chi connectivity index (χ1n) is 13.5. The monoisotopic (exact) mass is 511 g/mol. The molecule has 2 fully saturated rings. The van der Waals surface area contributed by atoms with Crippen LogP contribution >= 0.6 is 11.6 Å². The smallest absolute Gasteiger partial charge is 0.317 e. The molecule has 3 N–H and O–H groups in total. The molecule has 35 heavy (non-hydrogen) atoms. The number of carbonyl (C=O) groups is 1. The number of rotatable bonds is 12. The first-order valence-corrected chi connectivity index (χ1v) is 13.9. The van der Waals surface area contributed by atoms with Gasteiger partial charge >= 0.3 is 6.03 Å². The molecule has 0 unspecified atom stereocenters. The number of carbonyl (C=O) groups excluding carboxylic acids is 1. The molecular formula is C26H46ClN5O3. The van der Waals surface area contributed by atoms with Crippen LogP contribution in [0.4, 0.5) is 4.79 Å². The number of likely N-dealkylation sites (N-methyl/N-ethyl adjacent to an activating group) is 1. The lowest BCUT2D eigenvalue weighted by molar-refractivity contribution is -0.0649. The summed E-state index contributed by atoms with van der Waals surface area (Å²) in [4.78, 5) is 19.7. The minimum atomic E-state index is -1.15. The summed E-state index contributed by atoms with van der Waals surface area (Å²) in [7, 11) is 5.47. The van der Waals surface area contributed by atoms with Crippen molar-refractivity contribution in [3.05, 3.63) is 17.2 Å². The minimum absolute atomic E-state index is 0.0228. The number of piperidine rings is 1. The van der Waals surface area contributed by atoms with Crippen LogP contribution in [0.2, 0.25) is 5.15 Å². The number of imidazole rings is 1. The minimum Gasteiger partial charge on any atom is -0.385 e. The maximum absolute atomic E-state index is 13.4. The largest absolute Gasteiger partial charge is 0.385 e. The molecule has 2 amide bonds. The third-order valence-electron chi connectivity index (χ3n) is 7.98. The highest BCUT2D eigenvalue weighted by Crippen LogP contribution is 2.39. The highest BCUT2D eigenvalue weighted by atomic mass is 35.5. The van der Waals surface area contributed by atoms with Gasteiger partial charge in [0.25, 0.3) is 0 Å². The number of halogens is 1. The molecule has 3 atom stereocenters. The molecule has 1 aromatic heterocycles. The van der Waals surface area contributed by atoms with Crippen LogP contribution in [0.25, 0.3) is 0 Å². The molecule has 1 aliphatic carbocycles. The number of ether oxygens (including phenoxy) is 1. The van der Waals surface area contributed by atoms with Gasteiger partial charge in [-0.25, -0.2) is 9.78 Å². The number of hydrogen-bond acceptors (Lipinski definition) is 5. The zero-order valence-corrected chi connectivity index (χ0v) is 22.7. The van der Waals surface area contributed by atoms with Crippen LogP contribution in [-0.4, -0.2) is 72.0 Å². The lowest BCUT2D eigenvalue weighted by Gasteiger charge is -2.42. The molecule has 0 spiro atoms. The molecule has 1 saturated carbocycles. The van der Waals surface area contributed by atoms with E-state index in [0.29, 0.717) is 43.0 Å². The Morgan fingerprint density at radius 2 is 2.06 bits per heavy atom. The Balaban J connectivity index is 1.68. The predicted octanol–water partition coefficient (Wildman–Crippen LogP) is 4.06. The van der Waals surface area contributed by atoms with E-state index in [4.69, 9.17) is 16.3 Å². The normalized spacial score (nSPS) is 22.1. The first-order chi connectivity index (χ1) is 16.9. The van der Waals surface area contributed by atoms with E-state index in [0.717, 1.165) is 38.6 Å². The van der Waals surface area contributed by atoms with Crippen molar-refractivity contribution in [2.75, 3.05) is 40.4 Å². The maximum atomic E-state index is 13.4. The van der Waals surface area contributed by atoms with E-state index in [1.165, 1.54) is 32.1 Å². The Bertz CT molecular complexity index is 785. The Morgan fingerprint density at radius 1 is 1.29 bits per heavy atom. The van der Waals surface area contributed by atoms with Crippen molar-refractivity contribution in [1.82, 2.24) is 25.1 Å². The molecule has 1 aromatic rings. The molecule has 1 saturated heterocycles. The van der Waals surface area contributed by atoms with Crippen molar-refractivity contribution in [3.63, 3.8) is 0 Å². The van der Waals surface area contributed by atoms with Gasteiger partial charge in [-0.15, -0.1) is 0 Å². The molecule has 2 heterocycles. The van der Waals surface area contributed by atoms with Crippen molar-refractivity contribution in [1.29, 1.82) is 0 Å². The second-order valence-corrected chi connectivity index (χ2v) is 11.0. The molecular weight excluding hydrogens is 466 g/mol. The van der Waals surface area contributed by atoms with Crippen LogP contribution in [0.3, 0.4) is 0 Å². The van der Waals surface area contributed by atoms with Crippen molar-refractivity contribution < 1.29 is 14.6 Å². The standard InChI is InChI=1S/C26H46ClN5O3/c1-28-17-22(16-20-10-5-4-6-11-20)30-25(33)32-14-9-12-21(19-32)26(34,13-7-8-15-35-3)24-29-18-23(27)31(24)2/h18,20-22,28,34H,4-17,19H2,1-3H3,(H,30,33)/t21-,22+,26+/m1/s1. The molecule has 0 radical (unpaired) electrons. The van der Waals surface area contributed by atoms with Crippen LogP contribution in [0.15, 0.2) is 6.20 Å². The predicted molar refractivity (Wildman–Crippen MR) is 140 cm³/mol. The fourth-order valence-electron chi connectivity index (χ4n) is 6.01. The van der Waals surface area contributed by atoms with Gasteiger partial charge in [0.15, 0.2) is 0 Å². The van der Waals surface area contributed by atoms with Crippen LogP contribution in [0.1, 0.15) is 76.5 Å². The summed E-state index contributed by atoms with van der Waals surface area (Å²) in [5, 5.41) is 19.1. The number of amides is 2. The van der Waals surface area contributed by atoms with Gasteiger partial charge in [-0.3, -0.25) is 0 Å². The summed E-state index contributed by atoms with van der Waals surface area (Å²) in [6, 6.07) is 0.0996. The number of likely N-dealkylation sites (tertiary alicyclic amines) is 1. The average Bonchev–Trinajstić information content (AvgIpc) is 3.21. The van der Waals surface area contributed by atoms with Crippen molar-refractivity contribution in [2.45, 2.75) is 82.3 Å². The van der Waals surface area contributed by atoms with Crippen LogP contribution in [0, 0.1) is 11.8 Å². The Labute approximate surface area is 216 Å². The number of urea groups is 1. The summed E-state index contributed by atoms with van der Waals surface area (Å²) in [5.41, 5.74) is -1.15. The molecule has 8 nitrogen and oxygen atoms in total. The van der Waals surface area contributed by atoms with Crippen molar-refractivity contribution in [2.24, 2.45) is 18.9 Å². The zero-order valence-electron chi connectivity index (χ0n) is 21.9. The van der Waals surface area contributed by atoms with Gasteiger partial charge in [0.1, 0.15) is 16.6 Å². The van der Waals surface area contributed by atoms with Crippen LogP contribution < -0.4 is 10.6 Å². The summed E-state index contributed by atoms with van der Waals surface area (Å²) in [5.74, 6) is 1.17. The molecule has 9 heteroatoms. The van der Waals surface area contributed by atoms with E-state index in [2.05, 4.69) is 15.6 Å². The third-order valence-corrected chi connectivity index (χ3v) is 8.33. The van der Waals surface area contributed by atoms with Gasteiger partial charge in [0.05, 0.1) is 6.20 Å². The maximum Gasteiger partial charge on any atom is 0.317 e. The fraction of sp³-hybridized carbons (Fsp3) is 0.846. The van der Waals surface area contributed by atoms with Gasteiger partial charge in [0.2, 0.25) is 0 Å². The Kier molecular flexibility index (Phi) is 11.1. The lowest BCUT2D eigenvalue weighted by atomic mass is 9.77. The van der Waals surface area contributed by atoms with Gasteiger partial charge in [0, 0.05) is 52.4 Å².